The van der Waals surface area contributed by atoms with Crippen LogP contribution < -0.4 is 20.1 Å². The highest BCUT2D eigenvalue weighted by atomic mass is 16.5. The van der Waals surface area contributed by atoms with Crippen molar-refractivity contribution < 1.29 is 19.1 Å². The van der Waals surface area contributed by atoms with Crippen molar-refractivity contribution in [2.24, 2.45) is 5.92 Å². The second kappa shape index (κ2) is 9.07. The zero-order chi connectivity index (χ0) is 20.0. The lowest BCUT2D eigenvalue weighted by Gasteiger charge is -2.23. The molecule has 0 aromatic heterocycles. The third-order valence-electron chi connectivity index (χ3n) is 4.20. The normalized spacial score (nSPS) is 11.6. The average molecular weight is 370 g/mol. The number of methoxy groups -OCH3 is 2. The van der Waals surface area contributed by atoms with Crippen LogP contribution in [0.3, 0.4) is 0 Å². The standard InChI is InChI=1S/C21H26N2O4/c1-13(2)19(23-20(24)15-8-6-7-9-17(15)26-4)21(25)22-16-12-14(3)10-11-18(16)27-5/h6-13,19H,1-5H3,(H,22,25)(H,23,24)/t19-/m0/s1. The summed E-state index contributed by atoms with van der Waals surface area (Å²) in [5, 5.41) is 5.67. The minimum atomic E-state index is -0.715. The van der Waals surface area contributed by atoms with E-state index in [1.54, 1.807) is 37.4 Å². The molecule has 0 radical (unpaired) electrons. The summed E-state index contributed by atoms with van der Waals surface area (Å²) in [6.45, 7) is 5.68. The van der Waals surface area contributed by atoms with Gasteiger partial charge in [-0.25, -0.2) is 0 Å². The van der Waals surface area contributed by atoms with Crippen LogP contribution in [0.2, 0.25) is 0 Å². The van der Waals surface area contributed by atoms with Gasteiger partial charge in [-0.1, -0.05) is 32.0 Å². The topological polar surface area (TPSA) is 76.7 Å². The third kappa shape index (κ3) is 5.00. The molecular weight excluding hydrogens is 344 g/mol. The fraction of sp³-hybridized carbons (Fsp3) is 0.333. The SMILES string of the molecule is COc1ccc(C)cc1NC(=O)[C@@H](NC(=O)c1ccccc1OC)C(C)C. The molecule has 1 atom stereocenters. The zero-order valence-corrected chi connectivity index (χ0v) is 16.3. The van der Waals surface area contributed by atoms with Gasteiger partial charge in [0.05, 0.1) is 25.5 Å². The monoisotopic (exact) mass is 370 g/mol. The number of para-hydroxylation sites is 1. The van der Waals surface area contributed by atoms with Gasteiger partial charge < -0.3 is 20.1 Å². The van der Waals surface area contributed by atoms with Crippen molar-refractivity contribution >= 4 is 17.5 Å². The van der Waals surface area contributed by atoms with E-state index in [2.05, 4.69) is 10.6 Å². The zero-order valence-electron chi connectivity index (χ0n) is 16.3. The maximum atomic E-state index is 12.8. The van der Waals surface area contributed by atoms with E-state index in [0.717, 1.165) is 5.56 Å². The van der Waals surface area contributed by atoms with Gasteiger partial charge in [-0.3, -0.25) is 9.59 Å². The molecule has 2 amide bonds. The van der Waals surface area contributed by atoms with Crippen LogP contribution in [0.4, 0.5) is 5.69 Å². The van der Waals surface area contributed by atoms with Crippen LogP contribution in [-0.2, 0) is 4.79 Å². The third-order valence-corrected chi connectivity index (χ3v) is 4.20. The van der Waals surface area contributed by atoms with Crippen LogP contribution >= 0.6 is 0 Å². The van der Waals surface area contributed by atoms with Gasteiger partial charge >= 0.3 is 0 Å². The lowest BCUT2D eigenvalue weighted by Crippen LogP contribution is -2.47. The van der Waals surface area contributed by atoms with Crippen LogP contribution in [0.15, 0.2) is 42.5 Å². The Morgan fingerprint density at radius 1 is 0.963 bits per heavy atom. The molecule has 2 aromatic rings. The molecule has 0 unspecified atom stereocenters. The summed E-state index contributed by atoms with van der Waals surface area (Å²) < 4.78 is 10.5. The maximum Gasteiger partial charge on any atom is 0.255 e. The molecule has 2 rings (SSSR count). The predicted octanol–water partition coefficient (Wildman–Crippen LogP) is 3.41. The van der Waals surface area contributed by atoms with Gasteiger partial charge in [0.1, 0.15) is 17.5 Å². The smallest absolute Gasteiger partial charge is 0.255 e. The number of nitrogens with one attached hydrogen (secondary N) is 2. The molecule has 27 heavy (non-hydrogen) atoms. The van der Waals surface area contributed by atoms with E-state index in [1.807, 2.05) is 32.9 Å². The van der Waals surface area contributed by atoms with Crippen molar-refractivity contribution in [1.29, 1.82) is 0 Å². The van der Waals surface area contributed by atoms with Crippen LogP contribution in [-0.4, -0.2) is 32.1 Å². The molecule has 2 N–H and O–H groups in total. The van der Waals surface area contributed by atoms with E-state index in [0.29, 0.717) is 22.7 Å². The van der Waals surface area contributed by atoms with Crippen molar-refractivity contribution in [2.45, 2.75) is 26.8 Å². The van der Waals surface area contributed by atoms with Crippen LogP contribution in [0, 0.1) is 12.8 Å². The fourth-order valence-electron chi connectivity index (χ4n) is 2.72. The van der Waals surface area contributed by atoms with Gasteiger partial charge in [-0.05, 0) is 42.7 Å². The summed E-state index contributed by atoms with van der Waals surface area (Å²) in [4.78, 5) is 25.5. The Morgan fingerprint density at radius 3 is 2.26 bits per heavy atom. The Hall–Kier alpha value is -3.02. The number of carbonyl (C=O) groups excluding carboxylic acids is 2. The summed E-state index contributed by atoms with van der Waals surface area (Å²) in [5.41, 5.74) is 1.94. The second-order valence-electron chi connectivity index (χ2n) is 6.59. The van der Waals surface area contributed by atoms with Gasteiger partial charge in [-0.15, -0.1) is 0 Å². The van der Waals surface area contributed by atoms with Crippen molar-refractivity contribution in [3.63, 3.8) is 0 Å². The van der Waals surface area contributed by atoms with Crippen molar-refractivity contribution in [1.82, 2.24) is 5.32 Å². The van der Waals surface area contributed by atoms with Crippen LogP contribution in [0.25, 0.3) is 0 Å². The van der Waals surface area contributed by atoms with E-state index in [9.17, 15) is 9.59 Å². The number of ether oxygens (including phenoxy) is 2. The highest BCUT2D eigenvalue weighted by Crippen LogP contribution is 2.26. The number of carbonyl (C=O) groups is 2. The quantitative estimate of drug-likeness (QED) is 0.783. The predicted molar refractivity (Wildman–Crippen MR) is 105 cm³/mol. The molecule has 0 spiro atoms. The van der Waals surface area contributed by atoms with Gasteiger partial charge in [0.15, 0.2) is 0 Å². The fourth-order valence-corrected chi connectivity index (χ4v) is 2.72. The minimum Gasteiger partial charge on any atom is -0.496 e. The molecule has 0 aliphatic heterocycles. The van der Waals surface area contributed by atoms with Gasteiger partial charge in [0.2, 0.25) is 5.91 Å². The molecule has 0 heterocycles. The van der Waals surface area contributed by atoms with Gasteiger partial charge in [0, 0.05) is 0 Å². The number of rotatable bonds is 7. The second-order valence-corrected chi connectivity index (χ2v) is 6.59. The first-order chi connectivity index (χ1) is 12.9. The minimum absolute atomic E-state index is 0.112. The Kier molecular flexibility index (Phi) is 6.82. The lowest BCUT2D eigenvalue weighted by atomic mass is 10.0. The van der Waals surface area contributed by atoms with E-state index in [1.165, 1.54) is 7.11 Å². The van der Waals surface area contributed by atoms with E-state index >= 15 is 0 Å². The Labute approximate surface area is 159 Å². The molecular formula is C21H26N2O4. The van der Waals surface area contributed by atoms with Crippen LogP contribution in [0.5, 0.6) is 11.5 Å². The molecule has 6 heteroatoms. The molecule has 144 valence electrons. The lowest BCUT2D eigenvalue weighted by molar-refractivity contribution is -0.118. The molecule has 0 saturated heterocycles. The average Bonchev–Trinajstić information content (AvgIpc) is 2.65. The molecule has 0 fully saturated rings. The molecule has 0 saturated carbocycles. The number of hydrogen-bond donors (Lipinski definition) is 2. The Bertz CT molecular complexity index is 818. The Morgan fingerprint density at radius 2 is 1.63 bits per heavy atom. The highest BCUT2D eigenvalue weighted by molar-refractivity contribution is 6.03. The van der Waals surface area contributed by atoms with E-state index in [-0.39, 0.29) is 17.7 Å². The summed E-state index contributed by atoms with van der Waals surface area (Å²) in [7, 11) is 3.05. The first kappa shape index (κ1) is 20.3. The molecule has 2 aromatic carbocycles. The van der Waals surface area contributed by atoms with E-state index < -0.39 is 6.04 Å². The summed E-state index contributed by atoms with van der Waals surface area (Å²) in [5.74, 6) is 0.236. The molecule has 0 aliphatic carbocycles. The number of benzene rings is 2. The van der Waals surface area contributed by atoms with E-state index in [4.69, 9.17) is 9.47 Å². The number of hydrogen-bond acceptors (Lipinski definition) is 4. The summed E-state index contributed by atoms with van der Waals surface area (Å²) in [6, 6.07) is 11.7. The summed E-state index contributed by atoms with van der Waals surface area (Å²) in [6.07, 6.45) is 0. The highest BCUT2D eigenvalue weighted by Gasteiger charge is 2.26. The first-order valence-corrected chi connectivity index (χ1v) is 8.76. The number of aryl methyl sites for hydroxylation is 1. The Balaban J connectivity index is 2.21. The van der Waals surface area contributed by atoms with Crippen molar-refractivity contribution in [3.8, 4) is 11.5 Å². The van der Waals surface area contributed by atoms with Crippen LogP contribution in [0.1, 0.15) is 29.8 Å². The maximum absolute atomic E-state index is 12.8. The van der Waals surface area contributed by atoms with Crippen molar-refractivity contribution in [3.05, 3.63) is 53.6 Å². The first-order valence-electron chi connectivity index (χ1n) is 8.76. The summed E-state index contributed by atoms with van der Waals surface area (Å²) >= 11 is 0. The molecule has 0 bridgehead atoms. The van der Waals surface area contributed by atoms with Gasteiger partial charge in [0.25, 0.3) is 5.91 Å². The van der Waals surface area contributed by atoms with Gasteiger partial charge in [-0.2, -0.15) is 0 Å². The molecule has 6 nitrogen and oxygen atoms in total. The van der Waals surface area contributed by atoms with Crippen molar-refractivity contribution in [2.75, 3.05) is 19.5 Å². The number of amides is 2. The largest absolute Gasteiger partial charge is 0.496 e. The number of anilines is 1. The molecule has 0 aliphatic rings.